The Morgan fingerprint density at radius 2 is 1.47 bits per heavy atom. The van der Waals surface area contributed by atoms with E-state index in [-0.39, 0.29) is 0 Å². The lowest BCUT2D eigenvalue weighted by atomic mass is 10.1. The molecule has 0 unspecified atom stereocenters. The summed E-state index contributed by atoms with van der Waals surface area (Å²) in [5.74, 6) is -0.391. The van der Waals surface area contributed by atoms with Crippen molar-refractivity contribution in [3.8, 4) is 0 Å². The number of nitrogen functional groups attached to an aromatic ring is 1. The molecule has 0 heterocycles. The summed E-state index contributed by atoms with van der Waals surface area (Å²) < 4.78 is 29.3. The van der Waals surface area contributed by atoms with E-state index in [1.54, 1.807) is 18.2 Å². The van der Waals surface area contributed by atoms with Gasteiger partial charge in [0.1, 0.15) is 5.75 Å². The molecule has 0 radical (unpaired) electrons. The fourth-order valence-electron chi connectivity index (χ4n) is 3.12. The van der Waals surface area contributed by atoms with Crippen molar-refractivity contribution in [1.82, 2.24) is 0 Å². The van der Waals surface area contributed by atoms with Gasteiger partial charge in [0.05, 0.1) is 0 Å². The Kier molecular flexibility index (Phi) is 9.38. The van der Waals surface area contributed by atoms with Gasteiger partial charge in [-0.1, -0.05) is 60.7 Å². The number of para-hydroxylation sites is 1. The van der Waals surface area contributed by atoms with Gasteiger partial charge in [0.15, 0.2) is 0 Å². The van der Waals surface area contributed by atoms with Crippen LogP contribution >= 0.6 is 0 Å². The van der Waals surface area contributed by atoms with Crippen molar-refractivity contribution in [2.24, 2.45) is 0 Å². The Morgan fingerprint density at radius 1 is 0.867 bits per heavy atom. The van der Waals surface area contributed by atoms with E-state index in [0.717, 1.165) is 19.5 Å². The summed E-state index contributed by atoms with van der Waals surface area (Å²) in [7, 11) is -3.95. The molecule has 0 fully saturated rings. The van der Waals surface area contributed by atoms with Crippen molar-refractivity contribution >= 4 is 21.5 Å². The minimum atomic E-state index is -3.95. The number of anilines is 2. The van der Waals surface area contributed by atoms with Crippen molar-refractivity contribution in [3.05, 3.63) is 96.1 Å². The van der Waals surface area contributed by atoms with Crippen molar-refractivity contribution in [1.29, 1.82) is 0 Å². The fraction of sp³-hybridized carbons (Fsp3) is 0.250. The molecule has 0 aromatic heterocycles. The normalized spacial score (nSPS) is 10.7. The highest BCUT2D eigenvalue weighted by molar-refractivity contribution is 7.85. The number of nitrogens with two attached hydrogens (primary N) is 1. The van der Waals surface area contributed by atoms with Crippen LogP contribution in [0, 0.1) is 0 Å². The van der Waals surface area contributed by atoms with Crippen LogP contribution in [-0.2, 0) is 22.3 Å². The fourth-order valence-corrected chi connectivity index (χ4v) is 3.72. The van der Waals surface area contributed by atoms with E-state index in [4.69, 9.17) is 10.3 Å². The van der Waals surface area contributed by atoms with Crippen molar-refractivity contribution in [3.63, 3.8) is 0 Å². The minimum Gasteiger partial charge on any atom is -0.399 e. The zero-order valence-electron chi connectivity index (χ0n) is 17.3. The molecule has 30 heavy (non-hydrogen) atoms. The summed E-state index contributed by atoms with van der Waals surface area (Å²) in [6, 6.07) is 27.8. The zero-order chi connectivity index (χ0) is 21.8. The van der Waals surface area contributed by atoms with Crippen LogP contribution in [-0.4, -0.2) is 26.1 Å². The monoisotopic (exact) mass is 426 g/mol. The maximum Gasteiger partial charge on any atom is 0.269 e. The third kappa shape index (κ3) is 9.11. The highest BCUT2D eigenvalue weighted by Crippen LogP contribution is 2.14. The highest BCUT2D eigenvalue weighted by Gasteiger charge is 2.05. The molecule has 3 rings (SSSR count). The van der Waals surface area contributed by atoms with Gasteiger partial charge in [0, 0.05) is 24.5 Å². The molecule has 0 aliphatic heterocycles. The smallest absolute Gasteiger partial charge is 0.269 e. The topological polar surface area (TPSA) is 83.6 Å². The van der Waals surface area contributed by atoms with Gasteiger partial charge in [-0.05, 0) is 55.2 Å². The average Bonchev–Trinajstić information content (AvgIpc) is 2.72. The van der Waals surface area contributed by atoms with E-state index >= 15 is 0 Å². The van der Waals surface area contributed by atoms with Crippen molar-refractivity contribution < 1.29 is 13.0 Å². The number of rotatable bonds is 8. The lowest BCUT2D eigenvalue weighted by molar-refractivity contribution is 0.482. The maximum atomic E-state index is 10.4. The van der Waals surface area contributed by atoms with Crippen LogP contribution < -0.4 is 10.6 Å². The summed E-state index contributed by atoms with van der Waals surface area (Å²) in [6.07, 6.45) is 2.36. The number of hydrogen-bond donors (Lipinski definition) is 2. The van der Waals surface area contributed by atoms with E-state index in [2.05, 4.69) is 72.5 Å². The molecule has 0 aliphatic carbocycles. The molecule has 0 saturated heterocycles. The number of aryl methyl sites for hydroxylation is 1. The van der Waals surface area contributed by atoms with Gasteiger partial charge < -0.3 is 10.6 Å². The maximum absolute atomic E-state index is 10.4. The van der Waals surface area contributed by atoms with Gasteiger partial charge in [-0.25, -0.2) is 0 Å². The van der Waals surface area contributed by atoms with E-state index in [9.17, 15) is 8.42 Å². The zero-order valence-corrected chi connectivity index (χ0v) is 18.1. The predicted octanol–water partition coefficient (Wildman–Crippen LogP) is 4.80. The van der Waals surface area contributed by atoms with Gasteiger partial charge in [0.2, 0.25) is 0 Å². The summed E-state index contributed by atoms with van der Waals surface area (Å²) in [6.45, 7) is 4.41. The summed E-state index contributed by atoms with van der Waals surface area (Å²) in [5, 5.41) is 0. The highest BCUT2D eigenvalue weighted by atomic mass is 32.2. The number of nitrogens with zero attached hydrogens (tertiary/aromatic N) is 1. The molecule has 3 aromatic carbocycles. The van der Waals surface area contributed by atoms with Crippen molar-refractivity contribution in [2.75, 3.05) is 23.7 Å². The molecule has 0 aliphatic rings. The number of benzene rings is 3. The lowest BCUT2D eigenvalue weighted by Crippen LogP contribution is -2.24. The SMILES string of the molecule is CCN(CCCc1ccccc1)c1ccccc1.Nc1cccc(CS(=O)(=O)O)c1. The summed E-state index contributed by atoms with van der Waals surface area (Å²) in [4.78, 5) is 2.43. The van der Waals surface area contributed by atoms with E-state index in [1.165, 1.54) is 23.7 Å². The Morgan fingerprint density at radius 3 is 2.03 bits per heavy atom. The van der Waals surface area contributed by atoms with Gasteiger partial charge in [-0.2, -0.15) is 8.42 Å². The predicted molar refractivity (Wildman–Crippen MR) is 125 cm³/mol. The third-order valence-corrected chi connectivity index (χ3v) is 5.24. The van der Waals surface area contributed by atoms with Crippen LogP contribution in [0.15, 0.2) is 84.9 Å². The Bertz CT molecular complexity index is 978. The quantitative estimate of drug-likeness (QED) is 0.399. The lowest BCUT2D eigenvalue weighted by Gasteiger charge is -2.23. The van der Waals surface area contributed by atoms with Crippen LogP contribution in [0.25, 0.3) is 0 Å². The molecule has 0 spiro atoms. The first-order valence-corrected chi connectivity index (χ1v) is 11.6. The molecule has 6 heteroatoms. The van der Waals surface area contributed by atoms with E-state index in [0.29, 0.717) is 11.3 Å². The first-order chi connectivity index (χ1) is 14.4. The largest absolute Gasteiger partial charge is 0.399 e. The van der Waals surface area contributed by atoms with Crippen LogP contribution in [0.1, 0.15) is 24.5 Å². The van der Waals surface area contributed by atoms with Crippen molar-refractivity contribution in [2.45, 2.75) is 25.5 Å². The Balaban J connectivity index is 0.000000232. The minimum absolute atomic E-state index is 0.391. The molecular weight excluding hydrogens is 396 g/mol. The van der Waals surface area contributed by atoms with E-state index < -0.39 is 15.9 Å². The van der Waals surface area contributed by atoms with Crippen LogP contribution in [0.4, 0.5) is 11.4 Å². The van der Waals surface area contributed by atoms with Crippen LogP contribution in [0.3, 0.4) is 0 Å². The Hall–Kier alpha value is -2.83. The third-order valence-electron chi connectivity index (χ3n) is 4.54. The second-order valence-electron chi connectivity index (χ2n) is 6.98. The van der Waals surface area contributed by atoms with Crippen LogP contribution in [0.2, 0.25) is 0 Å². The van der Waals surface area contributed by atoms with Gasteiger partial charge >= 0.3 is 0 Å². The standard InChI is InChI=1S/C17H21N.C7H9NO3S/c1-2-18(17-13-7-4-8-14-17)15-9-12-16-10-5-3-6-11-16;8-7-3-1-2-6(4-7)5-12(9,10)11/h3-8,10-11,13-14H,2,9,12,15H2,1H3;1-4H,5,8H2,(H,9,10,11). The van der Waals surface area contributed by atoms with Gasteiger partial charge in [0.25, 0.3) is 10.1 Å². The van der Waals surface area contributed by atoms with Gasteiger partial charge in [-0.3, -0.25) is 4.55 Å². The first-order valence-electron chi connectivity index (χ1n) is 10.0. The number of hydrogen-bond acceptors (Lipinski definition) is 4. The summed E-state index contributed by atoms with van der Waals surface area (Å²) in [5.41, 5.74) is 9.13. The van der Waals surface area contributed by atoms with Crippen LogP contribution in [0.5, 0.6) is 0 Å². The second kappa shape index (κ2) is 12.0. The molecule has 0 bridgehead atoms. The Labute approximate surface area is 179 Å². The molecule has 3 aromatic rings. The molecule has 0 amide bonds. The molecule has 0 saturated carbocycles. The molecular formula is C24H30N2O3S. The average molecular weight is 427 g/mol. The molecule has 3 N–H and O–H groups in total. The van der Waals surface area contributed by atoms with E-state index in [1.807, 2.05) is 0 Å². The first kappa shape index (κ1) is 23.4. The molecule has 0 atom stereocenters. The molecule has 5 nitrogen and oxygen atoms in total. The van der Waals surface area contributed by atoms with Gasteiger partial charge in [-0.15, -0.1) is 0 Å². The molecule has 160 valence electrons. The summed E-state index contributed by atoms with van der Waals surface area (Å²) >= 11 is 0. The second-order valence-corrected chi connectivity index (χ2v) is 8.43.